The summed E-state index contributed by atoms with van der Waals surface area (Å²) in [5.74, 6) is 1.38. The van der Waals surface area contributed by atoms with Crippen molar-refractivity contribution in [3.63, 3.8) is 0 Å². The molecule has 0 bridgehead atoms. The third-order valence-corrected chi connectivity index (χ3v) is 5.22. The van der Waals surface area contributed by atoms with E-state index >= 15 is 0 Å². The molecule has 1 aromatic heterocycles. The van der Waals surface area contributed by atoms with E-state index in [0.29, 0.717) is 27.4 Å². The molecule has 0 N–H and O–H groups in total. The number of hydrogen-bond donors (Lipinski definition) is 0. The smallest absolute Gasteiger partial charge is 0.148 e. The molecule has 136 valence electrons. The van der Waals surface area contributed by atoms with Crippen molar-refractivity contribution in [1.82, 2.24) is 9.55 Å². The number of ether oxygens (including phenoxy) is 2. The molecule has 1 unspecified atom stereocenters. The number of imidazole rings is 1. The zero-order chi connectivity index (χ0) is 18.1. The van der Waals surface area contributed by atoms with Crippen LogP contribution in [0.5, 0.6) is 5.75 Å². The topological polar surface area (TPSA) is 36.3 Å². The Morgan fingerprint density at radius 3 is 2.69 bits per heavy atom. The van der Waals surface area contributed by atoms with Crippen molar-refractivity contribution in [2.75, 3.05) is 6.61 Å². The van der Waals surface area contributed by atoms with Crippen molar-refractivity contribution >= 4 is 45.8 Å². The van der Waals surface area contributed by atoms with Gasteiger partial charge in [0.1, 0.15) is 18.2 Å². The molecule has 1 aliphatic rings. The minimum absolute atomic E-state index is 0.184. The lowest BCUT2D eigenvalue weighted by molar-refractivity contribution is 0.0963. The van der Waals surface area contributed by atoms with E-state index in [1.807, 2.05) is 18.2 Å². The molecule has 1 fully saturated rings. The van der Waals surface area contributed by atoms with E-state index in [0.717, 1.165) is 42.9 Å². The van der Waals surface area contributed by atoms with E-state index in [2.05, 4.69) is 4.57 Å². The Kier molecular flexibility index (Phi) is 5.28. The first-order valence-corrected chi connectivity index (χ1v) is 9.57. The third-order valence-electron chi connectivity index (χ3n) is 4.45. The van der Waals surface area contributed by atoms with Gasteiger partial charge in [0.2, 0.25) is 0 Å². The molecule has 1 atom stereocenters. The molecule has 0 saturated carbocycles. The predicted octanol–water partition coefficient (Wildman–Crippen LogP) is 5.75. The fraction of sp³-hybridized carbons (Fsp3) is 0.316. The SMILES string of the molecule is Clc1ccc(OCc2nc3ccc(Cl)cc3n2CC2CCCO2)c(Cl)c1. The average molecular weight is 412 g/mol. The van der Waals surface area contributed by atoms with Crippen molar-refractivity contribution in [3.8, 4) is 5.75 Å². The summed E-state index contributed by atoms with van der Waals surface area (Å²) in [5.41, 5.74) is 1.86. The minimum Gasteiger partial charge on any atom is -0.484 e. The summed E-state index contributed by atoms with van der Waals surface area (Å²) in [6, 6.07) is 10.9. The van der Waals surface area contributed by atoms with Gasteiger partial charge in [-0.15, -0.1) is 0 Å². The Hall–Kier alpha value is -1.46. The van der Waals surface area contributed by atoms with Crippen molar-refractivity contribution in [3.05, 3.63) is 57.3 Å². The lowest BCUT2D eigenvalue weighted by Gasteiger charge is -2.15. The Labute approximate surface area is 166 Å². The largest absolute Gasteiger partial charge is 0.484 e. The molecule has 7 heteroatoms. The summed E-state index contributed by atoms with van der Waals surface area (Å²) in [4.78, 5) is 4.71. The summed E-state index contributed by atoms with van der Waals surface area (Å²) in [6.07, 6.45) is 2.32. The second-order valence-corrected chi connectivity index (χ2v) is 7.55. The molecule has 1 aliphatic heterocycles. The summed E-state index contributed by atoms with van der Waals surface area (Å²) >= 11 is 18.3. The van der Waals surface area contributed by atoms with Crippen LogP contribution >= 0.6 is 34.8 Å². The Balaban J connectivity index is 1.64. The summed E-state index contributed by atoms with van der Waals surface area (Å²) in [6.45, 7) is 1.83. The van der Waals surface area contributed by atoms with Gasteiger partial charge in [-0.05, 0) is 49.2 Å². The van der Waals surface area contributed by atoms with Crippen LogP contribution in [-0.2, 0) is 17.9 Å². The van der Waals surface area contributed by atoms with E-state index in [1.54, 1.807) is 18.2 Å². The van der Waals surface area contributed by atoms with E-state index in [-0.39, 0.29) is 6.10 Å². The van der Waals surface area contributed by atoms with E-state index in [1.165, 1.54) is 0 Å². The van der Waals surface area contributed by atoms with Crippen LogP contribution < -0.4 is 4.74 Å². The number of halogens is 3. The normalized spacial score (nSPS) is 17.1. The number of hydrogen-bond acceptors (Lipinski definition) is 3. The molecule has 4 nitrogen and oxygen atoms in total. The first-order chi connectivity index (χ1) is 12.6. The number of rotatable bonds is 5. The molecule has 0 aliphatic carbocycles. The van der Waals surface area contributed by atoms with Gasteiger partial charge >= 0.3 is 0 Å². The summed E-state index contributed by atoms with van der Waals surface area (Å²) in [5, 5.41) is 1.73. The van der Waals surface area contributed by atoms with Crippen molar-refractivity contribution in [2.45, 2.75) is 32.1 Å². The van der Waals surface area contributed by atoms with Crippen LogP contribution in [-0.4, -0.2) is 22.3 Å². The second kappa shape index (κ2) is 7.65. The van der Waals surface area contributed by atoms with Crippen LogP contribution in [0.4, 0.5) is 0 Å². The number of nitrogens with zero attached hydrogens (tertiary/aromatic N) is 2. The fourth-order valence-electron chi connectivity index (χ4n) is 3.19. The van der Waals surface area contributed by atoms with E-state index in [9.17, 15) is 0 Å². The fourth-order valence-corrected chi connectivity index (χ4v) is 3.82. The minimum atomic E-state index is 0.184. The predicted molar refractivity (Wildman–Crippen MR) is 105 cm³/mol. The highest BCUT2D eigenvalue weighted by Crippen LogP contribution is 2.29. The van der Waals surface area contributed by atoms with E-state index < -0.39 is 0 Å². The maximum Gasteiger partial charge on any atom is 0.148 e. The third kappa shape index (κ3) is 3.79. The Morgan fingerprint density at radius 1 is 1.12 bits per heavy atom. The van der Waals surface area contributed by atoms with Gasteiger partial charge in [0.05, 0.1) is 28.7 Å². The molecular formula is C19H17Cl3N2O2. The average Bonchev–Trinajstić information content (AvgIpc) is 3.23. The molecule has 0 radical (unpaired) electrons. The molecule has 1 saturated heterocycles. The highest BCUT2D eigenvalue weighted by Gasteiger charge is 2.20. The maximum atomic E-state index is 6.20. The monoisotopic (exact) mass is 410 g/mol. The Morgan fingerprint density at radius 2 is 1.92 bits per heavy atom. The molecule has 0 spiro atoms. The second-order valence-electron chi connectivity index (χ2n) is 6.27. The molecule has 2 heterocycles. The summed E-state index contributed by atoms with van der Waals surface area (Å²) < 4.78 is 13.8. The van der Waals surface area contributed by atoms with Crippen LogP contribution in [0.3, 0.4) is 0 Å². The zero-order valence-corrected chi connectivity index (χ0v) is 16.2. The van der Waals surface area contributed by atoms with Gasteiger partial charge in [0.25, 0.3) is 0 Å². The van der Waals surface area contributed by atoms with Gasteiger partial charge < -0.3 is 14.0 Å². The molecule has 3 aromatic rings. The molecule has 0 amide bonds. The van der Waals surface area contributed by atoms with Crippen LogP contribution in [0, 0.1) is 0 Å². The highest BCUT2D eigenvalue weighted by molar-refractivity contribution is 6.35. The van der Waals surface area contributed by atoms with Crippen LogP contribution in [0.25, 0.3) is 11.0 Å². The number of fused-ring (bicyclic) bond motifs is 1. The van der Waals surface area contributed by atoms with Crippen molar-refractivity contribution in [2.24, 2.45) is 0 Å². The van der Waals surface area contributed by atoms with Gasteiger partial charge in [-0.1, -0.05) is 34.8 Å². The van der Waals surface area contributed by atoms with Gasteiger partial charge in [-0.25, -0.2) is 4.98 Å². The lowest BCUT2D eigenvalue weighted by Crippen LogP contribution is -2.18. The van der Waals surface area contributed by atoms with Crippen molar-refractivity contribution in [1.29, 1.82) is 0 Å². The van der Waals surface area contributed by atoms with Gasteiger partial charge in [-0.3, -0.25) is 0 Å². The first kappa shape index (κ1) is 17.9. The summed E-state index contributed by atoms with van der Waals surface area (Å²) in [7, 11) is 0. The van der Waals surface area contributed by atoms with Crippen molar-refractivity contribution < 1.29 is 9.47 Å². The molecular weight excluding hydrogens is 395 g/mol. The zero-order valence-electron chi connectivity index (χ0n) is 13.9. The highest BCUT2D eigenvalue weighted by atomic mass is 35.5. The van der Waals surface area contributed by atoms with E-state index in [4.69, 9.17) is 49.3 Å². The standard InChI is InChI=1S/C19H17Cl3N2O2/c20-12-4-6-18(15(22)8-12)26-11-19-23-16-5-3-13(21)9-17(16)24(19)10-14-2-1-7-25-14/h3-6,8-9,14H,1-2,7,10-11H2. The number of aromatic nitrogens is 2. The lowest BCUT2D eigenvalue weighted by atomic mass is 10.2. The van der Waals surface area contributed by atoms with Crippen LogP contribution in [0.15, 0.2) is 36.4 Å². The molecule has 26 heavy (non-hydrogen) atoms. The van der Waals surface area contributed by atoms with Crippen LogP contribution in [0.2, 0.25) is 15.1 Å². The van der Waals surface area contributed by atoms with Gasteiger partial charge in [0.15, 0.2) is 0 Å². The Bertz CT molecular complexity index is 936. The molecule has 2 aromatic carbocycles. The van der Waals surface area contributed by atoms with Gasteiger partial charge in [-0.2, -0.15) is 0 Å². The molecule has 4 rings (SSSR count). The quantitative estimate of drug-likeness (QED) is 0.536. The van der Waals surface area contributed by atoms with Crippen LogP contribution in [0.1, 0.15) is 18.7 Å². The maximum absolute atomic E-state index is 6.20. The number of benzene rings is 2. The first-order valence-electron chi connectivity index (χ1n) is 8.44. The van der Waals surface area contributed by atoms with Gasteiger partial charge in [0, 0.05) is 16.7 Å².